The van der Waals surface area contributed by atoms with Crippen LogP contribution in [0.5, 0.6) is 0 Å². The number of hydrogen-bond donors (Lipinski definition) is 5. The summed E-state index contributed by atoms with van der Waals surface area (Å²) in [6.07, 6.45) is 21.1. The number of ether oxygens (including phenoxy) is 3. The molecule has 0 aromatic rings. The summed E-state index contributed by atoms with van der Waals surface area (Å²) in [6, 6.07) is 0. The van der Waals surface area contributed by atoms with Crippen LogP contribution in [0.15, 0.2) is 73.1 Å². The van der Waals surface area contributed by atoms with Crippen molar-refractivity contribution in [2.24, 2.45) is 5.41 Å². The van der Waals surface area contributed by atoms with Crippen molar-refractivity contribution < 1.29 is 41.4 Å². The van der Waals surface area contributed by atoms with Crippen LogP contribution in [-0.2, 0) is 19.0 Å². The first-order chi connectivity index (χ1) is 31.8. The largest absolute Gasteiger partial charge is 0.507 e. The van der Waals surface area contributed by atoms with Gasteiger partial charge in [0.2, 0.25) is 5.91 Å². The van der Waals surface area contributed by atoms with Crippen molar-refractivity contribution in [2.45, 2.75) is 187 Å². The maximum absolute atomic E-state index is 12.0. The molecule has 1 saturated heterocycles. The van der Waals surface area contributed by atoms with Gasteiger partial charge in [-0.15, -0.1) is 11.8 Å². The molecule has 7 rings (SSSR count). The Labute approximate surface area is 412 Å². The summed E-state index contributed by atoms with van der Waals surface area (Å²) in [5.41, 5.74) is -0.0926. The van der Waals surface area contributed by atoms with E-state index in [-0.39, 0.29) is 19.4 Å². The van der Waals surface area contributed by atoms with Crippen LogP contribution >= 0.6 is 11.8 Å². The minimum absolute atomic E-state index is 0. The van der Waals surface area contributed by atoms with Crippen LogP contribution in [0.25, 0.3) is 0 Å². The normalized spacial score (nSPS) is 18.5. The number of carbonyl (C=O) groups is 2. The zero-order valence-corrected chi connectivity index (χ0v) is 44.7. The molecule has 0 aromatic heterocycles. The Morgan fingerprint density at radius 1 is 0.657 bits per heavy atom. The average molecular weight is 985 g/mol. The van der Waals surface area contributed by atoms with Crippen LogP contribution in [0.4, 0.5) is 22.4 Å². The Bertz CT molecular complexity index is 1210. The lowest BCUT2D eigenvalue weighted by molar-refractivity contribution is -0.417. The number of nitrogens with one attached hydrogen (secondary N) is 5. The van der Waals surface area contributed by atoms with Crippen LogP contribution in [0.2, 0.25) is 0 Å². The summed E-state index contributed by atoms with van der Waals surface area (Å²) < 4.78 is 59.3. The minimum Gasteiger partial charge on any atom is -0.444 e. The molecule has 398 valence electrons. The predicted octanol–water partition coefficient (Wildman–Crippen LogP) is 14.0. The van der Waals surface area contributed by atoms with E-state index in [1.165, 1.54) is 56.7 Å². The lowest BCUT2D eigenvalue weighted by Crippen LogP contribution is -2.46. The number of nitrogens with zero attached hydrogens (tertiary/aromatic N) is 1. The highest BCUT2D eigenvalue weighted by Crippen LogP contribution is 2.39. The molecule has 0 bridgehead atoms. The number of allylic oxidation sites excluding steroid dienone is 3. The molecule has 1 fully saturated rings. The van der Waals surface area contributed by atoms with Crippen LogP contribution in [0.1, 0.15) is 169 Å². The van der Waals surface area contributed by atoms with Gasteiger partial charge in [-0.2, -0.15) is 17.6 Å². The number of carbonyl (C=O) groups excluding carboxylic acids is 2. The maximum atomic E-state index is 12.0. The van der Waals surface area contributed by atoms with E-state index in [0.717, 1.165) is 58.7 Å². The number of thioether (sulfide) groups is 1. The molecule has 7 heterocycles. The summed E-state index contributed by atoms with van der Waals surface area (Å²) in [6.45, 7) is 36.9. The van der Waals surface area contributed by atoms with E-state index in [4.69, 9.17) is 4.74 Å². The van der Waals surface area contributed by atoms with Gasteiger partial charge in [0, 0.05) is 45.5 Å². The van der Waals surface area contributed by atoms with Gasteiger partial charge in [0.1, 0.15) is 18.1 Å². The van der Waals surface area contributed by atoms with E-state index in [9.17, 15) is 27.2 Å². The van der Waals surface area contributed by atoms with Crippen LogP contribution in [-0.4, -0.2) is 86.3 Å². The topological polar surface area (TPSA) is 125 Å². The summed E-state index contributed by atoms with van der Waals surface area (Å²) in [7, 11) is 0. The molecule has 7 aliphatic heterocycles. The fourth-order valence-corrected chi connectivity index (χ4v) is 5.68. The molecule has 0 atom stereocenters. The van der Waals surface area contributed by atoms with E-state index in [0.29, 0.717) is 23.7 Å². The summed E-state index contributed by atoms with van der Waals surface area (Å²) in [5, 5.41) is 17.1. The van der Waals surface area contributed by atoms with Gasteiger partial charge < -0.3 is 45.7 Å². The van der Waals surface area contributed by atoms with Crippen molar-refractivity contribution in [3.8, 4) is 0 Å². The first-order valence-electron chi connectivity index (χ1n) is 24.6. The van der Waals surface area contributed by atoms with E-state index >= 15 is 0 Å². The Kier molecular flexibility index (Phi) is 57.6. The molecule has 11 nitrogen and oxygen atoms in total. The number of likely N-dealkylation sites (tertiary alicyclic amines) is 1. The quantitative estimate of drug-likeness (QED) is 0.118. The van der Waals surface area contributed by atoms with Crippen molar-refractivity contribution >= 4 is 23.8 Å². The number of halogens is 4. The molecule has 0 aromatic carbocycles. The molecule has 16 heteroatoms. The van der Waals surface area contributed by atoms with E-state index < -0.39 is 17.8 Å². The van der Waals surface area contributed by atoms with Gasteiger partial charge in [0.15, 0.2) is 0 Å². The number of piperidine rings is 1. The van der Waals surface area contributed by atoms with E-state index in [2.05, 4.69) is 72.6 Å². The van der Waals surface area contributed by atoms with Crippen LogP contribution < -0.4 is 26.6 Å². The second-order valence-corrected chi connectivity index (χ2v) is 14.8. The molecule has 1 spiro atoms. The number of hydrogen-bond acceptors (Lipinski definition) is 10. The summed E-state index contributed by atoms with van der Waals surface area (Å²) >= 11 is 1.51. The van der Waals surface area contributed by atoms with Crippen molar-refractivity contribution in [1.29, 1.82) is 0 Å². The van der Waals surface area contributed by atoms with Gasteiger partial charge in [0.05, 0.1) is 5.75 Å². The van der Waals surface area contributed by atoms with Gasteiger partial charge in [0.25, 0.3) is 0 Å². The Balaban J connectivity index is -0.000000166. The summed E-state index contributed by atoms with van der Waals surface area (Å²) in [5.74, 6) is 0.656. The predicted molar refractivity (Wildman–Crippen MR) is 281 cm³/mol. The van der Waals surface area contributed by atoms with Crippen molar-refractivity contribution in [2.75, 3.05) is 51.6 Å². The zero-order chi connectivity index (χ0) is 51.6. The highest BCUT2D eigenvalue weighted by atomic mass is 32.2. The smallest absolute Gasteiger partial charge is 0.444 e. The lowest BCUT2D eigenvalue weighted by Gasteiger charge is -2.41. The van der Waals surface area contributed by atoms with Crippen molar-refractivity contribution in [3.05, 3.63) is 73.1 Å². The Morgan fingerprint density at radius 3 is 1.48 bits per heavy atom. The van der Waals surface area contributed by atoms with Gasteiger partial charge >= 0.3 is 18.3 Å². The molecule has 5 N–H and O–H groups in total. The SMILES string of the molecule is C.C1=CCNCC1.C1=CNCCC1.C1=CNCCCC1.CC.CC.CC.CC.CC.CC.CC(C)(C)OC(=O)N1CCC2(C=CNCC2)CC1.FC1(F)OC=COC1(F)F.O=C1CSC=CN1. The highest BCUT2D eigenvalue weighted by Gasteiger charge is 2.63. The fourth-order valence-electron chi connectivity index (χ4n) is 5.19. The molecule has 7 aliphatic rings. The van der Waals surface area contributed by atoms with Gasteiger partial charge in [-0.1, -0.05) is 121 Å². The second kappa shape index (κ2) is 51.6. The molecular formula is C51H100F4N6O5S. The molecular weight excluding hydrogens is 885 g/mol. The lowest BCUT2D eigenvalue weighted by atomic mass is 9.75. The van der Waals surface area contributed by atoms with E-state index in [1.807, 2.05) is 127 Å². The first kappa shape index (κ1) is 74.7. The van der Waals surface area contributed by atoms with Crippen LogP contribution in [0, 0.1) is 5.41 Å². The van der Waals surface area contributed by atoms with Gasteiger partial charge in [-0.25, -0.2) is 4.79 Å². The maximum Gasteiger partial charge on any atom is 0.507 e. The van der Waals surface area contributed by atoms with E-state index in [1.54, 1.807) is 6.20 Å². The first-order valence-corrected chi connectivity index (χ1v) is 25.6. The average Bonchev–Trinajstić information content (AvgIpc) is 3.70. The molecule has 0 aliphatic carbocycles. The fraction of sp³-hybridized carbons (Fsp3) is 0.725. The standard InChI is InChI=1S/C14H24N2O2.C6H11N.2C5H9N.C4H2F4O2.C4H5NOS.6C2H6.CH4/c1-13(2,3)18-12(17)16-10-6-14(7-11-16)4-8-15-9-5-14;1-2-4-6-7-5-3-1;2*1-2-4-6-5-3-1;5-3(6)4(7,8)10-2-1-9-3;6-4-3-7-2-1-5-4;6*1-2;/h4,8,15H,5-7,9-11H2,1-3H3;3,5,7H,1-2,4,6H2;2,4,6H,1,3,5H2;1-2,6H,3-5H2;1-2H;1-2H,3H2,(H,5,6);6*1-2H3;1H4. The number of rotatable bonds is 0. The number of alkyl halides is 4. The third kappa shape index (κ3) is 43.3. The van der Waals surface area contributed by atoms with Gasteiger partial charge in [-0.05, 0) is 115 Å². The highest BCUT2D eigenvalue weighted by molar-refractivity contribution is 8.02. The summed E-state index contributed by atoms with van der Waals surface area (Å²) in [4.78, 5) is 24.1. The monoisotopic (exact) mass is 985 g/mol. The molecule has 0 unspecified atom stereocenters. The van der Waals surface area contributed by atoms with Crippen LogP contribution in [0.3, 0.4) is 0 Å². The zero-order valence-electron chi connectivity index (χ0n) is 43.9. The molecule has 0 radical (unpaired) electrons. The van der Waals surface area contributed by atoms with Crippen molar-refractivity contribution in [1.82, 2.24) is 31.5 Å². The Morgan fingerprint density at radius 2 is 1.16 bits per heavy atom. The number of amides is 2. The third-order valence-electron chi connectivity index (χ3n) is 8.20. The second-order valence-electron chi connectivity index (χ2n) is 13.9. The third-order valence-corrected chi connectivity index (χ3v) is 8.96. The molecule has 2 amide bonds. The molecule has 67 heavy (non-hydrogen) atoms. The minimum atomic E-state index is -4.57. The van der Waals surface area contributed by atoms with Crippen molar-refractivity contribution in [3.63, 3.8) is 0 Å². The Hall–Kier alpha value is -3.79. The molecule has 0 saturated carbocycles. The van der Waals surface area contributed by atoms with Gasteiger partial charge in [-0.3, -0.25) is 4.79 Å².